The number of nitrogens with one attached hydrogen (secondary N) is 2. The third-order valence-electron chi connectivity index (χ3n) is 9.62. The lowest BCUT2D eigenvalue weighted by Crippen LogP contribution is -2.47. The number of benzene rings is 1. The van der Waals surface area contributed by atoms with Crippen LogP contribution in [-0.2, 0) is 11.2 Å². The second-order valence-corrected chi connectivity index (χ2v) is 14.3. The Kier molecular flexibility index (Phi) is 9.77. The van der Waals surface area contributed by atoms with Crippen LogP contribution in [0, 0.1) is 12.3 Å². The number of piperidine rings is 3. The second-order valence-electron chi connectivity index (χ2n) is 14.3. The van der Waals surface area contributed by atoms with Gasteiger partial charge in [-0.2, -0.15) is 0 Å². The van der Waals surface area contributed by atoms with Crippen molar-refractivity contribution in [3.8, 4) is 0 Å². The van der Waals surface area contributed by atoms with Gasteiger partial charge >= 0.3 is 6.09 Å². The Labute approximate surface area is 268 Å². The minimum absolute atomic E-state index is 0.0297. The van der Waals surface area contributed by atoms with Crippen molar-refractivity contribution >= 4 is 35.0 Å². The van der Waals surface area contributed by atoms with Gasteiger partial charge in [-0.1, -0.05) is 6.92 Å². The molecule has 2 aromatic rings. The van der Waals surface area contributed by atoms with Gasteiger partial charge in [0.15, 0.2) is 17.3 Å². The minimum atomic E-state index is -0.635. The van der Waals surface area contributed by atoms with E-state index in [1.807, 2.05) is 33.8 Å². The van der Waals surface area contributed by atoms with Crippen molar-refractivity contribution in [3.63, 3.8) is 0 Å². The van der Waals surface area contributed by atoms with E-state index < -0.39 is 11.5 Å². The molecule has 0 saturated carbocycles. The van der Waals surface area contributed by atoms with Crippen LogP contribution < -0.4 is 21.3 Å². The largest absolute Gasteiger partial charge is 0.444 e. The van der Waals surface area contributed by atoms with Gasteiger partial charge in [-0.25, -0.2) is 14.8 Å². The maximum absolute atomic E-state index is 12.7. The Morgan fingerprint density at radius 3 is 2.36 bits per heavy atom. The molecule has 11 heteroatoms. The first kappa shape index (κ1) is 32.8. The Bertz CT molecular complexity index is 1370. The summed E-state index contributed by atoms with van der Waals surface area (Å²) in [5, 5.41) is 6.84. The third kappa shape index (κ3) is 7.98. The number of amides is 2. The van der Waals surface area contributed by atoms with Gasteiger partial charge in [-0.3, -0.25) is 4.79 Å². The quantitative estimate of drug-likeness (QED) is 0.377. The van der Waals surface area contributed by atoms with Gasteiger partial charge in [0.25, 0.3) is 5.91 Å². The molecule has 0 aliphatic carbocycles. The summed E-state index contributed by atoms with van der Waals surface area (Å²) < 4.78 is 5.60. The number of aryl methyl sites for hydroxylation is 2. The predicted octanol–water partition coefficient (Wildman–Crippen LogP) is 5.31. The molecule has 0 radical (unpaired) electrons. The van der Waals surface area contributed by atoms with Crippen LogP contribution in [0.4, 0.5) is 27.8 Å². The first-order valence-corrected chi connectivity index (χ1v) is 16.6. The monoisotopic (exact) mass is 620 g/mol. The van der Waals surface area contributed by atoms with Gasteiger partial charge in [0.1, 0.15) is 5.60 Å². The first-order valence-electron chi connectivity index (χ1n) is 16.6. The molecule has 4 N–H and O–H groups in total. The molecular formula is C34H52N8O3. The highest BCUT2D eigenvalue weighted by molar-refractivity contribution is 5.96. The van der Waals surface area contributed by atoms with Crippen molar-refractivity contribution in [1.82, 2.24) is 19.8 Å². The summed E-state index contributed by atoms with van der Waals surface area (Å²) in [5.74, 6) is 0.270. The number of nitrogens with two attached hydrogens (primary N) is 1. The van der Waals surface area contributed by atoms with Crippen LogP contribution in [-0.4, -0.2) is 89.7 Å². The molecule has 3 saturated heterocycles. The van der Waals surface area contributed by atoms with Gasteiger partial charge < -0.3 is 35.8 Å². The van der Waals surface area contributed by atoms with Crippen molar-refractivity contribution in [2.45, 2.75) is 91.2 Å². The number of carbonyl (C=O) groups excluding carboxylic acids is 2. The summed E-state index contributed by atoms with van der Waals surface area (Å²) in [6.45, 7) is 15.4. The minimum Gasteiger partial charge on any atom is -0.444 e. The summed E-state index contributed by atoms with van der Waals surface area (Å²) in [6, 6.07) is 6.27. The number of hydrogen-bond donors (Lipinski definition) is 3. The smallest absolute Gasteiger partial charge is 0.410 e. The van der Waals surface area contributed by atoms with Gasteiger partial charge in [-0.05, 0) is 122 Å². The summed E-state index contributed by atoms with van der Waals surface area (Å²) in [7, 11) is 2.23. The summed E-state index contributed by atoms with van der Waals surface area (Å²) in [5.41, 5.74) is 9.73. The maximum Gasteiger partial charge on any atom is 0.410 e. The zero-order valence-electron chi connectivity index (χ0n) is 28.0. The average molecular weight is 621 g/mol. The van der Waals surface area contributed by atoms with Crippen molar-refractivity contribution in [3.05, 3.63) is 35.2 Å². The number of anilines is 4. The fourth-order valence-electron chi connectivity index (χ4n) is 6.91. The van der Waals surface area contributed by atoms with Crippen LogP contribution in [0.3, 0.4) is 0 Å². The molecule has 1 atom stereocenters. The summed E-state index contributed by atoms with van der Waals surface area (Å²) in [6.07, 6.45) is 7.07. The molecule has 45 heavy (non-hydrogen) atoms. The van der Waals surface area contributed by atoms with E-state index in [0.29, 0.717) is 42.3 Å². The molecule has 246 valence electrons. The number of primary amides is 1. The topological polar surface area (TPSA) is 129 Å². The number of aromatic nitrogens is 2. The normalized spacial score (nSPS) is 20.6. The summed E-state index contributed by atoms with van der Waals surface area (Å²) in [4.78, 5) is 41.4. The highest BCUT2D eigenvalue weighted by Crippen LogP contribution is 2.42. The van der Waals surface area contributed by atoms with E-state index >= 15 is 0 Å². The lowest BCUT2D eigenvalue weighted by Gasteiger charge is -2.47. The van der Waals surface area contributed by atoms with Crippen LogP contribution in [0.2, 0.25) is 0 Å². The molecule has 1 spiro atoms. The van der Waals surface area contributed by atoms with Gasteiger partial charge in [0.05, 0.1) is 5.69 Å². The zero-order valence-corrected chi connectivity index (χ0v) is 28.0. The Morgan fingerprint density at radius 2 is 1.73 bits per heavy atom. The lowest BCUT2D eigenvalue weighted by molar-refractivity contribution is 0.0206. The molecule has 3 aliphatic heterocycles. The number of nitrogens with zero attached hydrogens (tertiary/aromatic N) is 5. The Balaban J connectivity index is 1.30. The maximum atomic E-state index is 12.7. The molecule has 0 unspecified atom stereocenters. The highest BCUT2D eigenvalue weighted by Gasteiger charge is 2.37. The molecule has 11 nitrogen and oxygen atoms in total. The van der Waals surface area contributed by atoms with Crippen LogP contribution in [0.15, 0.2) is 18.2 Å². The van der Waals surface area contributed by atoms with Crippen LogP contribution in [0.5, 0.6) is 0 Å². The number of hydrogen-bond acceptors (Lipinski definition) is 9. The molecular weight excluding hydrogens is 568 g/mol. The molecule has 2 amide bonds. The van der Waals surface area contributed by atoms with E-state index in [-0.39, 0.29) is 17.8 Å². The number of ether oxygens (including phenoxy) is 1. The molecule has 3 fully saturated rings. The van der Waals surface area contributed by atoms with Crippen LogP contribution in [0.1, 0.15) is 88.0 Å². The number of carbonyl (C=O) groups is 2. The van der Waals surface area contributed by atoms with Crippen molar-refractivity contribution in [2.24, 2.45) is 11.1 Å². The number of likely N-dealkylation sites (tertiary alicyclic amines) is 2. The molecule has 5 rings (SSSR count). The average Bonchev–Trinajstić information content (AvgIpc) is 2.99. The van der Waals surface area contributed by atoms with Crippen LogP contribution in [0.25, 0.3) is 0 Å². The van der Waals surface area contributed by atoms with Gasteiger partial charge in [0.2, 0.25) is 0 Å². The molecule has 3 aliphatic rings. The SMILES string of the molecule is CCc1nc(C(N)=O)c(Nc2ccc(N3CCC4(CCN(C)CC4)CC3)c(C)c2)nc1N[C@@H]1CCCN(C(=O)OC(C)(C)C)C1. The second kappa shape index (κ2) is 13.4. The third-order valence-corrected chi connectivity index (χ3v) is 9.62. The van der Waals surface area contributed by atoms with Crippen molar-refractivity contribution < 1.29 is 14.3 Å². The van der Waals surface area contributed by atoms with Crippen molar-refractivity contribution in [1.29, 1.82) is 0 Å². The first-order chi connectivity index (χ1) is 21.3. The molecule has 0 bridgehead atoms. The lowest BCUT2D eigenvalue weighted by atomic mass is 9.71. The molecule has 1 aromatic heterocycles. The number of rotatable bonds is 7. The predicted molar refractivity (Wildman–Crippen MR) is 179 cm³/mol. The van der Waals surface area contributed by atoms with Crippen molar-refractivity contribution in [2.75, 3.05) is 61.8 Å². The fourth-order valence-corrected chi connectivity index (χ4v) is 6.91. The van der Waals surface area contributed by atoms with Gasteiger partial charge in [-0.15, -0.1) is 0 Å². The summed E-state index contributed by atoms with van der Waals surface area (Å²) >= 11 is 0. The van der Waals surface area contributed by atoms with Crippen LogP contribution >= 0.6 is 0 Å². The van der Waals surface area contributed by atoms with Gasteiger partial charge in [0, 0.05) is 43.6 Å². The van der Waals surface area contributed by atoms with E-state index in [2.05, 4.69) is 51.5 Å². The fraction of sp³-hybridized carbons (Fsp3) is 0.647. The standard InChI is InChI=1S/C34H52N8O3/c1-7-26-30(37-25-9-8-16-42(22-25)32(44)45-33(3,4)5)39-31(28(38-26)29(35)43)36-24-10-11-27(23(2)21-24)41-19-14-34(15-20-41)12-17-40(6)18-13-34/h10-11,21,25H,7-9,12-20,22H2,1-6H3,(H2,35,43)(H2,36,37,39)/t25-/m1/s1. The van der Waals surface area contributed by atoms with E-state index in [1.165, 1.54) is 50.0 Å². The van der Waals surface area contributed by atoms with E-state index in [9.17, 15) is 9.59 Å². The highest BCUT2D eigenvalue weighted by atomic mass is 16.6. The molecule has 4 heterocycles. The van der Waals surface area contributed by atoms with E-state index in [4.69, 9.17) is 15.5 Å². The zero-order chi connectivity index (χ0) is 32.4. The Morgan fingerprint density at radius 1 is 1.04 bits per heavy atom. The Hall–Kier alpha value is -3.60. The molecule has 1 aromatic carbocycles. The van der Waals surface area contributed by atoms with E-state index in [1.54, 1.807) is 4.90 Å². The van der Waals surface area contributed by atoms with E-state index in [0.717, 1.165) is 31.6 Å².